The van der Waals surface area contributed by atoms with E-state index in [2.05, 4.69) is 0 Å². The molecule has 1 saturated carbocycles. The van der Waals surface area contributed by atoms with Crippen molar-refractivity contribution in [3.63, 3.8) is 0 Å². The second-order valence-electron chi connectivity index (χ2n) is 7.17. The van der Waals surface area contributed by atoms with E-state index in [1.807, 2.05) is 32.0 Å². The molecule has 1 amide bonds. The molecule has 2 atom stereocenters. The van der Waals surface area contributed by atoms with Crippen LogP contribution in [0, 0.1) is 11.8 Å². The molecule has 0 radical (unpaired) electrons. The number of rotatable bonds is 7. The molecule has 6 heteroatoms. The fraction of sp³-hybridized carbons (Fsp3) is 0.579. The molecule has 1 aromatic carbocycles. The maximum Gasteiger partial charge on any atom is 0.305 e. The predicted molar refractivity (Wildman–Crippen MR) is 92.0 cm³/mol. The number of carboxylic acid groups (broad SMARTS) is 1. The topological polar surface area (TPSA) is 76.1 Å². The molecule has 1 aliphatic carbocycles. The van der Waals surface area contributed by atoms with Crippen LogP contribution in [0.4, 0.5) is 0 Å². The zero-order chi connectivity index (χ0) is 18.0. The number of aliphatic carboxylic acids is 1. The number of benzene rings is 1. The number of ether oxygens (including phenoxy) is 2. The number of nitrogens with zero attached hydrogens (tertiary/aromatic N) is 1. The Labute approximate surface area is 147 Å². The van der Waals surface area contributed by atoms with E-state index >= 15 is 0 Å². The van der Waals surface area contributed by atoms with E-state index in [9.17, 15) is 9.59 Å². The SMILES string of the molecule is CC(C)CN(CCC(=O)O)C(=O)C1CC1c1ccc2c(c1)OCCO2. The van der Waals surface area contributed by atoms with E-state index < -0.39 is 5.97 Å². The van der Waals surface area contributed by atoms with Crippen LogP contribution in [0.2, 0.25) is 0 Å². The maximum absolute atomic E-state index is 12.8. The van der Waals surface area contributed by atoms with Crippen LogP contribution in [0.5, 0.6) is 11.5 Å². The highest BCUT2D eigenvalue weighted by atomic mass is 16.6. The van der Waals surface area contributed by atoms with E-state index in [0.29, 0.717) is 25.7 Å². The van der Waals surface area contributed by atoms with Gasteiger partial charge in [-0.05, 0) is 36.0 Å². The van der Waals surface area contributed by atoms with Gasteiger partial charge in [-0.15, -0.1) is 0 Å². The summed E-state index contributed by atoms with van der Waals surface area (Å²) < 4.78 is 11.2. The fourth-order valence-corrected chi connectivity index (χ4v) is 3.32. The summed E-state index contributed by atoms with van der Waals surface area (Å²) in [5.41, 5.74) is 1.09. The van der Waals surface area contributed by atoms with Crippen LogP contribution in [-0.2, 0) is 9.59 Å². The summed E-state index contributed by atoms with van der Waals surface area (Å²) in [4.78, 5) is 25.4. The van der Waals surface area contributed by atoms with Gasteiger partial charge in [0.2, 0.25) is 5.91 Å². The van der Waals surface area contributed by atoms with Crippen molar-refractivity contribution in [3.05, 3.63) is 23.8 Å². The zero-order valence-corrected chi connectivity index (χ0v) is 14.7. The van der Waals surface area contributed by atoms with E-state index in [0.717, 1.165) is 23.5 Å². The molecular weight excluding hydrogens is 322 g/mol. The average Bonchev–Trinajstić information content (AvgIpc) is 3.38. The van der Waals surface area contributed by atoms with Crippen LogP contribution in [0.25, 0.3) is 0 Å². The normalized spacial score (nSPS) is 21.1. The van der Waals surface area contributed by atoms with Crippen molar-refractivity contribution < 1.29 is 24.2 Å². The molecule has 1 N–H and O–H groups in total. The molecule has 1 heterocycles. The maximum atomic E-state index is 12.8. The Morgan fingerprint density at radius 2 is 1.96 bits per heavy atom. The first-order valence-corrected chi connectivity index (χ1v) is 8.86. The van der Waals surface area contributed by atoms with Gasteiger partial charge < -0.3 is 19.5 Å². The Morgan fingerprint density at radius 1 is 1.24 bits per heavy atom. The lowest BCUT2D eigenvalue weighted by Gasteiger charge is -2.24. The smallest absolute Gasteiger partial charge is 0.305 e. The summed E-state index contributed by atoms with van der Waals surface area (Å²) in [6.45, 7) is 6.04. The molecule has 3 rings (SSSR count). The molecule has 6 nitrogen and oxygen atoms in total. The monoisotopic (exact) mass is 347 g/mol. The van der Waals surface area contributed by atoms with Crippen LogP contribution in [0.15, 0.2) is 18.2 Å². The van der Waals surface area contributed by atoms with Gasteiger partial charge in [-0.25, -0.2) is 0 Å². The largest absolute Gasteiger partial charge is 0.486 e. The first-order chi connectivity index (χ1) is 12.0. The minimum absolute atomic E-state index is 0.0140. The molecule has 136 valence electrons. The molecule has 0 aromatic heterocycles. The molecule has 0 bridgehead atoms. The van der Waals surface area contributed by atoms with Crippen molar-refractivity contribution in [3.8, 4) is 11.5 Å². The summed E-state index contributed by atoms with van der Waals surface area (Å²) in [6, 6.07) is 5.87. The van der Waals surface area contributed by atoms with Gasteiger partial charge in [-0.1, -0.05) is 19.9 Å². The van der Waals surface area contributed by atoms with Crippen molar-refractivity contribution in [2.24, 2.45) is 11.8 Å². The lowest BCUT2D eigenvalue weighted by atomic mass is 10.1. The number of amides is 1. The molecule has 2 aliphatic rings. The van der Waals surface area contributed by atoms with Gasteiger partial charge in [0.15, 0.2) is 11.5 Å². The van der Waals surface area contributed by atoms with Gasteiger partial charge in [0.25, 0.3) is 0 Å². The fourth-order valence-electron chi connectivity index (χ4n) is 3.32. The van der Waals surface area contributed by atoms with Gasteiger partial charge in [-0.2, -0.15) is 0 Å². The quantitative estimate of drug-likeness (QED) is 0.820. The third-order valence-electron chi connectivity index (χ3n) is 4.59. The average molecular weight is 347 g/mol. The van der Waals surface area contributed by atoms with E-state index in [4.69, 9.17) is 14.6 Å². The molecular formula is C19H25NO5. The first-order valence-electron chi connectivity index (χ1n) is 8.86. The minimum atomic E-state index is -0.874. The second-order valence-corrected chi connectivity index (χ2v) is 7.17. The first kappa shape index (κ1) is 17.6. The summed E-state index contributed by atoms with van der Waals surface area (Å²) in [5.74, 6) is 1.12. The number of fused-ring (bicyclic) bond motifs is 1. The third kappa shape index (κ3) is 4.24. The lowest BCUT2D eigenvalue weighted by molar-refractivity contribution is -0.139. The highest BCUT2D eigenvalue weighted by molar-refractivity contribution is 5.83. The molecule has 1 aliphatic heterocycles. The summed E-state index contributed by atoms with van der Waals surface area (Å²) in [5, 5.41) is 8.91. The Bertz CT molecular complexity index is 657. The van der Waals surface area contributed by atoms with Crippen molar-refractivity contribution in [2.45, 2.75) is 32.6 Å². The number of carboxylic acids is 1. The standard InChI is InChI=1S/C19H25NO5/c1-12(2)11-20(6-5-18(21)22)19(23)15-10-14(15)13-3-4-16-17(9-13)25-8-7-24-16/h3-4,9,12,14-15H,5-8,10-11H2,1-2H3,(H,21,22). The van der Waals surface area contributed by atoms with Crippen molar-refractivity contribution in [1.82, 2.24) is 4.90 Å². The van der Waals surface area contributed by atoms with Gasteiger partial charge in [-0.3, -0.25) is 9.59 Å². The van der Waals surface area contributed by atoms with Crippen molar-refractivity contribution >= 4 is 11.9 Å². The minimum Gasteiger partial charge on any atom is -0.486 e. The summed E-state index contributed by atoms with van der Waals surface area (Å²) in [6.07, 6.45) is 0.792. The van der Waals surface area contributed by atoms with Crippen LogP contribution < -0.4 is 9.47 Å². The number of hydrogen-bond acceptors (Lipinski definition) is 4. The lowest BCUT2D eigenvalue weighted by Crippen LogP contribution is -2.37. The predicted octanol–water partition coefficient (Wildman–Crippen LogP) is 2.52. The number of hydrogen-bond donors (Lipinski definition) is 1. The third-order valence-corrected chi connectivity index (χ3v) is 4.59. The molecule has 0 saturated heterocycles. The van der Waals surface area contributed by atoms with E-state index in [1.54, 1.807) is 4.90 Å². The Morgan fingerprint density at radius 3 is 2.64 bits per heavy atom. The number of carbonyl (C=O) groups is 2. The van der Waals surface area contributed by atoms with Crippen LogP contribution >= 0.6 is 0 Å². The van der Waals surface area contributed by atoms with Crippen molar-refractivity contribution in [1.29, 1.82) is 0 Å². The molecule has 1 fully saturated rings. The Balaban J connectivity index is 1.66. The van der Waals surface area contributed by atoms with Gasteiger partial charge in [0.1, 0.15) is 13.2 Å². The van der Waals surface area contributed by atoms with E-state index in [-0.39, 0.29) is 30.7 Å². The van der Waals surface area contributed by atoms with Gasteiger partial charge in [0, 0.05) is 19.0 Å². The molecule has 25 heavy (non-hydrogen) atoms. The van der Waals surface area contributed by atoms with Crippen LogP contribution in [0.3, 0.4) is 0 Å². The number of carbonyl (C=O) groups excluding carboxylic acids is 1. The van der Waals surface area contributed by atoms with Crippen LogP contribution in [-0.4, -0.2) is 48.2 Å². The van der Waals surface area contributed by atoms with E-state index in [1.165, 1.54) is 0 Å². The Kier molecular flexibility index (Phi) is 5.16. The highest BCUT2D eigenvalue weighted by Gasteiger charge is 2.46. The van der Waals surface area contributed by atoms with Crippen molar-refractivity contribution in [2.75, 3.05) is 26.3 Å². The van der Waals surface area contributed by atoms with Gasteiger partial charge in [0.05, 0.1) is 6.42 Å². The molecule has 2 unspecified atom stereocenters. The molecule has 1 aromatic rings. The Hall–Kier alpha value is -2.24. The molecule has 0 spiro atoms. The second kappa shape index (κ2) is 7.33. The van der Waals surface area contributed by atoms with Gasteiger partial charge >= 0.3 is 5.97 Å². The van der Waals surface area contributed by atoms with Crippen LogP contribution in [0.1, 0.15) is 38.2 Å². The summed E-state index contributed by atoms with van der Waals surface area (Å²) in [7, 11) is 0. The summed E-state index contributed by atoms with van der Waals surface area (Å²) >= 11 is 0. The zero-order valence-electron chi connectivity index (χ0n) is 14.7. The highest BCUT2D eigenvalue weighted by Crippen LogP contribution is 2.50.